The summed E-state index contributed by atoms with van der Waals surface area (Å²) in [5.74, 6) is 0.141. The molecule has 0 aromatic carbocycles. The second-order valence-electron chi connectivity index (χ2n) is 1.49. The molecule has 0 fully saturated rings. The van der Waals surface area contributed by atoms with Gasteiger partial charge < -0.3 is 16.2 Å². The van der Waals surface area contributed by atoms with Crippen molar-refractivity contribution >= 4 is 12.0 Å². The van der Waals surface area contributed by atoms with Crippen molar-refractivity contribution in [2.45, 2.75) is 6.92 Å². The summed E-state index contributed by atoms with van der Waals surface area (Å²) in [6.45, 7) is 2.44. The predicted octanol–water partition coefficient (Wildman–Crippen LogP) is -0.718. The molecular weight excluding hydrogens is 132 g/mol. The Labute approximate surface area is 59.8 Å². The molecule has 0 rings (SSSR count). The van der Waals surface area contributed by atoms with Crippen LogP contribution in [0.2, 0.25) is 0 Å². The van der Waals surface area contributed by atoms with Crippen LogP contribution in [0.5, 0.6) is 0 Å². The summed E-state index contributed by atoms with van der Waals surface area (Å²) in [7, 11) is 1.41. The Morgan fingerprint density at radius 3 is 2.50 bits per heavy atom. The lowest BCUT2D eigenvalue weighted by atomic mass is 10.8. The number of hydrogen-bond acceptors (Lipinski definition) is 2. The smallest absolute Gasteiger partial charge is 0.289 e. The molecule has 0 aliphatic rings. The third kappa shape index (κ3) is 3.71. The van der Waals surface area contributed by atoms with E-state index >= 15 is 0 Å². The average Bonchev–Trinajstić information content (AvgIpc) is 1.88. The Balaban J connectivity index is 3.98. The zero-order valence-corrected chi connectivity index (χ0v) is 6.16. The molecule has 4 N–H and O–H groups in total. The monoisotopic (exact) mass is 144 g/mol. The molecule has 0 heterocycles. The van der Waals surface area contributed by atoms with Crippen molar-refractivity contribution in [2.24, 2.45) is 21.5 Å². The van der Waals surface area contributed by atoms with Crippen molar-refractivity contribution in [1.82, 2.24) is 0 Å². The van der Waals surface area contributed by atoms with Crippen molar-refractivity contribution < 1.29 is 4.74 Å². The maximum atomic E-state index is 5.26. The van der Waals surface area contributed by atoms with E-state index in [1.165, 1.54) is 7.11 Å². The van der Waals surface area contributed by atoms with E-state index in [4.69, 9.17) is 11.5 Å². The maximum Gasteiger partial charge on any atom is 0.289 e. The van der Waals surface area contributed by atoms with Gasteiger partial charge >= 0.3 is 0 Å². The molecule has 0 atom stereocenters. The zero-order chi connectivity index (χ0) is 7.98. The van der Waals surface area contributed by atoms with Crippen LogP contribution in [0.4, 0.5) is 0 Å². The summed E-state index contributed by atoms with van der Waals surface area (Å²) in [5.41, 5.74) is 10.4. The quantitative estimate of drug-likeness (QED) is 0.376. The lowest BCUT2D eigenvalue weighted by Gasteiger charge is -1.95. The fraction of sp³-hybridized carbons (Fsp3) is 0.600. The van der Waals surface area contributed by atoms with Crippen molar-refractivity contribution in [3.63, 3.8) is 0 Å². The molecule has 58 valence electrons. The molecule has 0 amide bonds. The standard InChI is InChI=1S/C5H12N4O/c1-3-8-4(6)9-5(7)10-2/h3H2,1-2H3,(H4,6,7,8,9). The van der Waals surface area contributed by atoms with Crippen LogP contribution in [0, 0.1) is 0 Å². The van der Waals surface area contributed by atoms with E-state index in [1.807, 2.05) is 6.92 Å². The van der Waals surface area contributed by atoms with Crippen molar-refractivity contribution in [2.75, 3.05) is 13.7 Å². The van der Waals surface area contributed by atoms with E-state index in [9.17, 15) is 0 Å². The first kappa shape index (κ1) is 8.74. The van der Waals surface area contributed by atoms with E-state index in [-0.39, 0.29) is 12.0 Å². The van der Waals surface area contributed by atoms with E-state index in [2.05, 4.69) is 14.7 Å². The van der Waals surface area contributed by atoms with Gasteiger partial charge in [0.05, 0.1) is 7.11 Å². The van der Waals surface area contributed by atoms with Gasteiger partial charge in [0, 0.05) is 6.54 Å². The number of ether oxygens (including phenoxy) is 1. The molecule has 0 saturated heterocycles. The number of guanidine groups is 1. The fourth-order valence-electron chi connectivity index (χ4n) is 0.356. The third-order valence-corrected chi connectivity index (χ3v) is 0.754. The van der Waals surface area contributed by atoms with E-state index in [0.29, 0.717) is 6.54 Å². The second-order valence-corrected chi connectivity index (χ2v) is 1.49. The van der Waals surface area contributed by atoms with Gasteiger partial charge in [-0.05, 0) is 6.92 Å². The number of aliphatic imine (C=N–C) groups is 2. The summed E-state index contributed by atoms with van der Waals surface area (Å²) in [4.78, 5) is 7.34. The van der Waals surface area contributed by atoms with Gasteiger partial charge in [0.2, 0.25) is 5.96 Å². The van der Waals surface area contributed by atoms with E-state index < -0.39 is 0 Å². The molecule has 0 radical (unpaired) electrons. The Morgan fingerprint density at radius 1 is 1.50 bits per heavy atom. The number of rotatable bonds is 1. The van der Waals surface area contributed by atoms with Gasteiger partial charge in [-0.2, -0.15) is 4.99 Å². The maximum absolute atomic E-state index is 5.26. The molecule has 0 saturated carbocycles. The highest BCUT2D eigenvalue weighted by Crippen LogP contribution is 1.74. The van der Waals surface area contributed by atoms with Crippen LogP contribution in [-0.4, -0.2) is 25.6 Å². The lowest BCUT2D eigenvalue weighted by Crippen LogP contribution is -2.20. The first-order chi connectivity index (χ1) is 4.70. The summed E-state index contributed by atoms with van der Waals surface area (Å²) in [6, 6.07) is 0.0229. The van der Waals surface area contributed by atoms with Crippen molar-refractivity contribution in [1.29, 1.82) is 0 Å². The molecule has 10 heavy (non-hydrogen) atoms. The van der Waals surface area contributed by atoms with Gasteiger partial charge in [0.15, 0.2) is 0 Å². The van der Waals surface area contributed by atoms with Gasteiger partial charge in [-0.25, -0.2) is 0 Å². The highest BCUT2D eigenvalue weighted by Gasteiger charge is 1.88. The van der Waals surface area contributed by atoms with Crippen LogP contribution in [0.3, 0.4) is 0 Å². The summed E-state index contributed by atoms with van der Waals surface area (Å²) in [5, 5.41) is 0. The molecule has 0 spiro atoms. The van der Waals surface area contributed by atoms with Crippen LogP contribution in [0.1, 0.15) is 6.92 Å². The SMILES string of the molecule is CCN=C(N)N=C(N)OC. The first-order valence-corrected chi connectivity index (χ1v) is 2.88. The number of amidine groups is 1. The summed E-state index contributed by atoms with van der Waals surface area (Å²) in [6.07, 6.45) is 0. The second kappa shape index (κ2) is 4.60. The number of nitrogens with zero attached hydrogens (tertiary/aromatic N) is 2. The first-order valence-electron chi connectivity index (χ1n) is 2.88. The molecule has 0 unspecified atom stereocenters. The zero-order valence-electron chi connectivity index (χ0n) is 6.16. The largest absolute Gasteiger partial charge is 0.468 e. The summed E-state index contributed by atoms with van der Waals surface area (Å²) >= 11 is 0. The van der Waals surface area contributed by atoms with Gasteiger partial charge in [-0.1, -0.05) is 0 Å². The van der Waals surface area contributed by atoms with Crippen LogP contribution >= 0.6 is 0 Å². The Kier molecular flexibility index (Phi) is 4.02. The molecule has 5 nitrogen and oxygen atoms in total. The van der Waals surface area contributed by atoms with Crippen molar-refractivity contribution in [3.05, 3.63) is 0 Å². The van der Waals surface area contributed by atoms with Crippen molar-refractivity contribution in [3.8, 4) is 0 Å². The fourth-order valence-corrected chi connectivity index (χ4v) is 0.356. The normalized spacial score (nSPS) is 13.4. The van der Waals surface area contributed by atoms with Crippen LogP contribution in [0.25, 0.3) is 0 Å². The minimum Gasteiger partial charge on any atom is -0.468 e. The number of nitrogens with two attached hydrogens (primary N) is 2. The summed E-state index contributed by atoms with van der Waals surface area (Å²) < 4.78 is 4.53. The van der Waals surface area contributed by atoms with E-state index in [1.54, 1.807) is 0 Å². The molecule has 0 aliphatic heterocycles. The van der Waals surface area contributed by atoms with Crippen LogP contribution in [-0.2, 0) is 4.74 Å². The predicted molar refractivity (Wildman–Crippen MR) is 40.8 cm³/mol. The van der Waals surface area contributed by atoms with Crippen LogP contribution in [0.15, 0.2) is 9.98 Å². The molecule has 0 aliphatic carbocycles. The minimum absolute atomic E-state index is 0.0229. The van der Waals surface area contributed by atoms with Gasteiger partial charge in [-0.15, -0.1) is 0 Å². The molecule has 0 aromatic rings. The highest BCUT2D eigenvalue weighted by atomic mass is 16.5. The van der Waals surface area contributed by atoms with E-state index in [0.717, 1.165) is 0 Å². The molecule has 0 aromatic heterocycles. The van der Waals surface area contributed by atoms with Gasteiger partial charge in [0.25, 0.3) is 6.02 Å². The average molecular weight is 144 g/mol. The minimum atomic E-state index is 0.0229. The Hall–Kier alpha value is -1.26. The Morgan fingerprint density at radius 2 is 2.10 bits per heavy atom. The molecule has 0 bridgehead atoms. The molecule has 5 heteroatoms. The van der Waals surface area contributed by atoms with Crippen LogP contribution < -0.4 is 11.5 Å². The lowest BCUT2D eigenvalue weighted by molar-refractivity contribution is 0.397. The van der Waals surface area contributed by atoms with Gasteiger partial charge in [-0.3, -0.25) is 4.99 Å². The molecular formula is C5H12N4O. The number of hydrogen-bond donors (Lipinski definition) is 2. The number of methoxy groups -OCH3 is 1. The Bertz CT molecular complexity index is 152. The van der Waals surface area contributed by atoms with Gasteiger partial charge in [0.1, 0.15) is 0 Å². The topological polar surface area (TPSA) is 86.0 Å². The highest BCUT2D eigenvalue weighted by molar-refractivity contribution is 5.90. The third-order valence-electron chi connectivity index (χ3n) is 0.754.